The largest absolute Gasteiger partial charge is 0.352 e. The standard InChI is InChI=1S/C12H22O2Si/c1-7-9-12(13-2,14-3)10-8-11-15(4,5)6/h7H,1,9-10H2,2-6H3. The molecule has 0 aromatic rings. The molecule has 15 heavy (non-hydrogen) atoms. The second-order valence-corrected chi connectivity index (χ2v) is 9.29. The van der Waals surface area contributed by atoms with Crippen LogP contribution in [-0.4, -0.2) is 28.1 Å². The van der Waals surface area contributed by atoms with Gasteiger partial charge in [0.15, 0.2) is 5.79 Å². The third kappa shape index (κ3) is 5.78. The molecule has 0 unspecified atom stereocenters. The molecule has 86 valence electrons. The van der Waals surface area contributed by atoms with Crippen molar-refractivity contribution >= 4 is 8.07 Å². The van der Waals surface area contributed by atoms with Gasteiger partial charge in [-0.05, 0) is 0 Å². The van der Waals surface area contributed by atoms with Crippen LogP contribution in [0.3, 0.4) is 0 Å². The molecule has 2 nitrogen and oxygen atoms in total. The summed E-state index contributed by atoms with van der Waals surface area (Å²) in [6.45, 7) is 10.3. The normalized spacial score (nSPS) is 11.8. The molecule has 0 aliphatic rings. The highest BCUT2D eigenvalue weighted by Gasteiger charge is 2.26. The first-order valence-electron chi connectivity index (χ1n) is 5.10. The Morgan fingerprint density at radius 2 is 1.80 bits per heavy atom. The van der Waals surface area contributed by atoms with E-state index in [0.29, 0.717) is 12.8 Å². The van der Waals surface area contributed by atoms with E-state index in [9.17, 15) is 0 Å². The van der Waals surface area contributed by atoms with Crippen molar-refractivity contribution in [2.75, 3.05) is 14.2 Å². The summed E-state index contributed by atoms with van der Waals surface area (Å²) in [6, 6.07) is 0. The van der Waals surface area contributed by atoms with Crippen molar-refractivity contribution in [2.45, 2.75) is 38.3 Å². The Kier molecular flexibility index (Phi) is 5.88. The predicted molar refractivity (Wildman–Crippen MR) is 67.3 cm³/mol. The van der Waals surface area contributed by atoms with E-state index in [1.165, 1.54) is 0 Å². The molecule has 0 heterocycles. The summed E-state index contributed by atoms with van der Waals surface area (Å²) < 4.78 is 10.7. The van der Waals surface area contributed by atoms with Crippen molar-refractivity contribution < 1.29 is 9.47 Å². The Labute approximate surface area is 94.7 Å². The van der Waals surface area contributed by atoms with E-state index in [1.807, 2.05) is 0 Å². The van der Waals surface area contributed by atoms with Crippen molar-refractivity contribution in [3.63, 3.8) is 0 Å². The minimum Gasteiger partial charge on any atom is -0.352 e. The number of methoxy groups -OCH3 is 2. The lowest BCUT2D eigenvalue weighted by Gasteiger charge is -2.27. The fourth-order valence-corrected chi connectivity index (χ4v) is 1.75. The smallest absolute Gasteiger partial charge is 0.181 e. The summed E-state index contributed by atoms with van der Waals surface area (Å²) in [5.41, 5.74) is 3.30. The number of ether oxygens (including phenoxy) is 2. The van der Waals surface area contributed by atoms with E-state index < -0.39 is 13.9 Å². The summed E-state index contributed by atoms with van der Waals surface area (Å²) in [4.78, 5) is 0. The van der Waals surface area contributed by atoms with Gasteiger partial charge in [-0.1, -0.05) is 25.7 Å². The fraction of sp³-hybridized carbons (Fsp3) is 0.667. The molecule has 0 aliphatic heterocycles. The molecule has 0 aliphatic carbocycles. The first kappa shape index (κ1) is 14.4. The maximum absolute atomic E-state index is 5.36. The zero-order valence-electron chi connectivity index (χ0n) is 10.5. The van der Waals surface area contributed by atoms with Gasteiger partial charge >= 0.3 is 0 Å². The average Bonchev–Trinajstić information content (AvgIpc) is 2.14. The van der Waals surface area contributed by atoms with Gasteiger partial charge in [0.05, 0.1) is 6.42 Å². The van der Waals surface area contributed by atoms with Gasteiger partial charge in [0.1, 0.15) is 8.07 Å². The van der Waals surface area contributed by atoms with E-state index in [-0.39, 0.29) is 0 Å². The summed E-state index contributed by atoms with van der Waals surface area (Å²) in [5, 5.41) is 0. The van der Waals surface area contributed by atoms with Gasteiger partial charge < -0.3 is 9.47 Å². The summed E-state index contributed by atoms with van der Waals surface area (Å²) >= 11 is 0. The first-order valence-corrected chi connectivity index (χ1v) is 8.60. The van der Waals surface area contributed by atoms with Crippen molar-refractivity contribution in [3.05, 3.63) is 12.7 Å². The molecule has 0 fully saturated rings. The van der Waals surface area contributed by atoms with Crippen molar-refractivity contribution in [3.8, 4) is 11.5 Å². The molecule has 0 spiro atoms. The van der Waals surface area contributed by atoms with Crippen molar-refractivity contribution in [1.82, 2.24) is 0 Å². The van der Waals surface area contributed by atoms with Crippen LogP contribution in [0.1, 0.15) is 12.8 Å². The monoisotopic (exact) mass is 226 g/mol. The molecule has 0 radical (unpaired) electrons. The van der Waals surface area contributed by atoms with Crippen molar-refractivity contribution in [2.24, 2.45) is 0 Å². The minimum absolute atomic E-state index is 0.594. The highest BCUT2D eigenvalue weighted by molar-refractivity contribution is 6.83. The Balaban J connectivity index is 4.53. The summed E-state index contributed by atoms with van der Waals surface area (Å²) in [6.07, 6.45) is 3.04. The van der Waals surface area contributed by atoms with E-state index in [0.717, 1.165) is 0 Å². The molecule has 0 saturated carbocycles. The van der Waals surface area contributed by atoms with E-state index >= 15 is 0 Å². The zero-order valence-corrected chi connectivity index (χ0v) is 11.5. The number of hydrogen-bond donors (Lipinski definition) is 0. The Morgan fingerprint density at radius 3 is 2.13 bits per heavy atom. The van der Waals surface area contributed by atoms with Crippen LogP contribution in [0.4, 0.5) is 0 Å². The lowest BCUT2D eigenvalue weighted by molar-refractivity contribution is -0.199. The van der Waals surface area contributed by atoms with E-state index in [2.05, 4.69) is 37.7 Å². The Hall–Kier alpha value is -0.563. The molecule has 0 atom stereocenters. The van der Waals surface area contributed by atoms with E-state index in [1.54, 1.807) is 20.3 Å². The molecular formula is C12H22O2Si. The van der Waals surface area contributed by atoms with Gasteiger partial charge in [-0.2, -0.15) is 0 Å². The molecule has 0 aromatic carbocycles. The quantitative estimate of drug-likeness (QED) is 0.311. The van der Waals surface area contributed by atoms with Crippen LogP contribution in [0.25, 0.3) is 0 Å². The van der Waals surface area contributed by atoms with Gasteiger partial charge in [-0.15, -0.1) is 18.0 Å². The molecule has 0 aromatic heterocycles. The van der Waals surface area contributed by atoms with Gasteiger partial charge in [-0.25, -0.2) is 0 Å². The van der Waals surface area contributed by atoms with Gasteiger partial charge in [-0.3, -0.25) is 0 Å². The molecular weight excluding hydrogens is 204 g/mol. The fourth-order valence-electron chi connectivity index (χ4n) is 1.13. The van der Waals surface area contributed by atoms with Gasteiger partial charge in [0.2, 0.25) is 0 Å². The maximum atomic E-state index is 5.36. The van der Waals surface area contributed by atoms with Crippen LogP contribution in [0, 0.1) is 11.5 Å². The first-order chi connectivity index (χ1) is 6.89. The summed E-state index contributed by atoms with van der Waals surface area (Å²) in [5.74, 6) is 2.55. The number of hydrogen-bond acceptors (Lipinski definition) is 2. The topological polar surface area (TPSA) is 18.5 Å². The SMILES string of the molecule is C=CCC(CC#C[Si](C)(C)C)(OC)OC. The molecule has 0 rings (SSSR count). The minimum atomic E-state index is -1.30. The van der Waals surface area contributed by atoms with Crippen LogP contribution in [0.15, 0.2) is 12.7 Å². The Morgan fingerprint density at radius 1 is 1.27 bits per heavy atom. The second kappa shape index (κ2) is 6.11. The molecule has 0 bridgehead atoms. The second-order valence-electron chi connectivity index (χ2n) is 4.54. The molecule has 0 saturated heterocycles. The van der Waals surface area contributed by atoms with Crippen LogP contribution in [-0.2, 0) is 9.47 Å². The average molecular weight is 226 g/mol. The Bertz CT molecular complexity index is 251. The predicted octanol–water partition coefficient (Wildman–Crippen LogP) is 2.82. The van der Waals surface area contributed by atoms with Crippen LogP contribution < -0.4 is 0 Å². The lowest BCUT2D eigenvalue weighted by Crippen LogP contribution is -2.32. The third-order valence-electron chi connectivity index (χ3n) is 2.02. The molecule has 0 amide bonds. The number of rotatable bonds is 5. The van der Waals surface area contributed by atoms with E-state index in [4.69, 9.17) is 9.47 Å². The third-order valence-corrected chi connectivity index (χ3v) is 2.95. The molecule has 3 heteroatoms. The highest BCUT2D eigenvalue weighted by Crippen LogP contribution is 2.20. The highest BCUT2D eigenvalue weighted by atomic mass is 28.3. The van der Waals surface area contributed by atoms with Gasteiger partial charge in [0.25, 0.3) is 0 Å². The van der Waals surface area contributed by atoms with Crippen LogP contribution in [0.2, 0.25) is 19.6 Å². The van der Waals surface area contributed by atoms with Crippen LogP contribution in [0.5, 0.6) is 0 Å². The van der Waals surface area contributed by atoms with Crippen LogP contribution >= 0.6 is 0 Å². The molecule has 0 N–H and O–H groups in total. The van der Waals surface area contributed by atoms with Gasteiger partial charge in [0, 0.05) is 20.6 Å². The lowest BCUT2D eigenvalue weighted by atomic mass is 10.1. The maximum Gasteiger partial charge on any atom is 0.181 e. The summed E-state index contributed by atoms with van der Waals surface area (Å²) in [7, 11) is 1.98. The zero-order chi connectivity index (χ0) is 11.9. The van der Waals surface area contributed by atoms with Crippen molar-refractivity contribution in [1.29, 1.82) is 0 Å².